The highest BCUT2D eigenvalue weighted by molar-refractivity contribution is 5.88. The number of hydrazone groups is 1. The Morgan fingerprint density at radius 3 is 2.39 bits per heavy atom. The molecule has 0 spiro atoms. The van der Waals surface area contributed by atoms with Gasteiger partial charge in [-0.2, -0.15) is 5.10 Å². The van der Waals surface area contributed by atoms with Crippen molar-refractivity contribution in [2.24, 2.45) is 5.10 Å². The molecule has 2 aromatic rings. The number of amides is 1. The van der Waals surface area contributed by atoms with E-state index in [1.54, 1.807) is 20.2 Å². The van der Waals surface area contributed by atoms with Gasteiger partial charge in [-0.05, 0) is 48.6 Å². The molecule has 5 nitrogen and oxygen atoms in total. The molecular weight excluding hydrogens is 350 g/mol. The minimum absolute atomic E-state index is 0.226. The zero-order valence-corrected chi connectivity index (χ0v) is 17.2. The van der Waals surface area contributed by atoms with E-state index in [0.717, 1.165) is 16.8 Å². The lowest BCUT2D eigenvalue weighted by Crippen LogP contribution is -2.35. The molecule has 2 N–H and O–H groups in total. The van der Waals surface area contributed by atoms with E-state index < -0.39 is 6.04 Å². The van der Waals surface area contributed by atoms with Gasteiger partial charge in [0.05, 0.1) is 19.0 Å². The van der Waals surface area contributed by atoms with Gasteiger partial charge in [0.2, 0.25) is 0 Å². The summed E-state index contributed by atoms with van der Waals surface area (Å²) in [5, 5.41) is 7.18. The van der Waals surface area contributed by atoms with Crippen molar-refractivity contribution >= 4 is 23.9 Å². The highest BCUT2D eigenvalue weighted by Crippen LogP contribution is 2.23. The molecule has 0 saturated heterocycles. The number of hydrogen-bond acceptors (Lipinski definition) is 4. The summed E-state index contributed by atoms with van der Waals surface area (Å²) in [5.41, 5.74) is 6.69. The maximum Gasteiger partial charge on any atom is 0.262 e. The Kier molecular flexibility index (Phi) is 7.81. The number of methoxy groups -OCH3 is 1. The van der Waals surface area contributed by atoms with E-state index in [-0.39, 0.29) is 5.91 Å². The summed E-state index contributed by atoms with van der Waals surface area (Å²) < 4.78 is 5.28. The maximum absolute atomic E-state index is 12.2. The Morgan fingerprint density at radius 2 is 1.75 bits per heavy atom. The number of benzene rings is 2. The van der Waals surface area contributed by atoms with Crippen molar-refractivity contribution in [3.8, 4) is 5.75 Å². The SMILES string of the molecule is COc1ccccc1NC(C)C(=O)NN=CC(C)=Cc1ccc(C(C)C)cc1. The summed E-state index contributed by atoms with van der Waals surface area (Å²) in [7, 11) is 1.60. The number of hydrogen-bond donors (Lipinski definition) is 2. The fraction of sp³-hybridized carbons (Fsp3) is 0.304. The van der Waals surface area contributed by atoms with Gasteiger partial charge in [0.1, 0.15) is 11.8 Å². The smallest absolute Gasteiger partial charge is 0.262 e. The molecule has 2 aromatic carbocycles. The molecule has 0 aromatic heterocycles. The second-order valence-electron chi connectivity index (χ2n) is 7.01. The van der Waals surface area contributed by atoms with E-state index in [0.29, 0.717) is 11.7 Å². The molecule has 0 radical (unpaired) electrons. The summed E-state index contributed by atoms with van der Waals surface area (Å²) in [6.07, 6.45) is 3.67. The molecule has 0 saturated carbocycles. The molecule has 0 fully saturated rings. The molecule has 148 valence electrons. The van der Waals surface area contributed by atoms with Crippen LogP contribution in [0, 0.1) is 0 Å². The maximum atomic E-state index is 12.2. The molecule has 1 amide bonds. The second-order valence-corrected chi connectivity index (χ2v) is 7.01. The van der Waals surface area contributed by atoms with Crippen LogP contribution in [0.5, 0.6) is 5.75 Å². The lowest BCUT2D eigenvalue weighted by molar-refractivity contribution is -0.121. The van der Waals surface area contributed by atoms with Crippen LogP contribution in [0.2, 0.25) is 0 Å². The minimum atomic E-state index is -0.457. The summed E-state index contributed by atoms with van der Waals surface area (Å²) in [4.78, 5) is 12.2. The quantitative estimate of drug-likeness (QED) is 0.510. The zero-order chi connectivity index (χ0) is 20.5. The first-order valence-corrected chi connectivity index (χ1v) is 9.41. The topological polar surface area (TPSA) is 62.7 Å². The third-order valence-electron chi connectivity index (χ3n) is 4.31. The van der Waals surface area contributed by atoms with Crippen LogP contribution in [0.15, 0.2) is 59.2 Å². The fourth-order valence-corrected chi connectivity index (χ4v) is 2.63. The number of allylic oxidation sites excluding steroid dienone is 1. The van der Waals surface area contributed by atoms with Crippen molar-refractivity contribution in [3.05, 3.63) is 65.2 Å². The normalized spacial score (nSPS) is 12.9. The lowest BCUT2D eigenvalue weighted by atomic mass is 10.0. The standard InChI is InChI=1S/C23H29N3O2/c1-16(2)20-12-10-19(11-13-20)14-17(3)15-24-26-23(27)18(4)25-21-8-6-7-9-22(21)28-5/h6-16,18,25H,1-5H3,(H,26,27). The van der Waals surface area contributed by atoms with Crippen molar-refractivity contribution in [1.29, 1.82) is 0 Å². The molecule has 1 unspecified atom stereocenters. The first kappa shape index (κ1) is 21.2. The molecule has 2 rings (SSSR count). The van der Waals surface area contributed by atoms with E-state index in [2.05, 4.69) is 54.0 Å². The van der Waals surface area contributed by atoms with Crippen LogP contribution in [-0.2, 0) is 4.79 Å². The lowest BCUT2D eigenvalue weighted by Gasteiger charge is -2.15. The van der Waals surface area contributed by atoms with Gasteiger partial charge in [0, 0.05) is 0 Å². The van der Waals surface area contributed by atoms with Crippen LogP contribution in [0.25, 0.3) is 6.08 Å². The largest absolute Gasteiger partial charge is 0.495 e. The molecule has 1 atom stereocenters. The molecule has 0 aliphatic carbocycles. The summed E-state index contributed by atoms with van der Waals surface area (Å²) >= 11 is 0. The van der Waals surface area contributed by atoms with Crippen LogP contribution in [0.3, 0.4) is 0 Å². The average Bonchev–Trinajstić information content (AvgIpc) is 2.68. The van der Waals surface area contributed by atoms with Gasteiger partial charge in [-0.3, -0.25) is 4.79 Å². The number of carbonyl (C=O) groups is 1. The summed E-state index contributed by atoms with van der Waals surface area (Å²) in [6, 6.07) is 15.5. The molecule has 0 aliphatic rings. The van der Waals surface area contributed by atoms with Crippen LogP contribution in [0.4, 0.5) is 5.69 Å². The van der Waals surface area contributed by atoms with Gasteiger partial charge in [-0.15, -0.1) is 0 Å². The molecule has 0 heterocycles. The highest BCUT2D eigenvalue weighted by Gasteiger charge is 2.13. The van der Waals surface area contributed by atoms with Gasteiger partial charge in [-0.25, -0.2) is 5.43 Å². The van der Waals surface area contributed by atoms with Gasteiger partial charge >= 0.3 is 0 Å². The van der Waals surface area contributed by atoms with Crippen molar-refractivity contribution in [3.63, 3.8) is 0 Å². The van der Waals surface area contributed by atoms with Crippen molar-refractivity contribution in [2.75, 3.05) is 12.4 Å². The Hall–Kier alpha value is -3.08. The Labute approximate surface area is 167 Å². The minimum Gasteiger partial charge on any atom is -0.495 e. The molecule has 0 aliphatic heterocycles. The summed E-state index contributed by atoms with van der Waals surface area (Å²) in [5.74, 6) is 0.978. The van der Waals surface area contributed by atoms with E-state index in [9.17, 15) is 4.79 Å². The Bertz CT molecular complexity index is 839. The molecular formula is C23H29N3O2. The van der Waals surface area contributed by atoms with Crippen LogP contribution in [0.1, 0.15) is 44.7 Å². The fourth-order valence-electron chi connectivity index (χ4n) is 2.63. The van der Waals surface area contributed by atoms with Crippen LogP contribution < -0.4 is 15.5 Å². The van der Waals surface area contributed by atoms with E-state index in [4.69, 9.17) is 4.74 Å². The number of nitrogens with zero attached hydrogens (tertiary/aromatic N) is 1. The third kappa shape index (κ3) is 6.27. The number of ether oxygens (including phenoxy) is 1. The number of rotatable bonds is 8. The third-order valence-corrected chi connectivity index (χ3v) is 4.31. The Balaban J connectivity index is 1.90. The predicted molar refractivity (Wildman–Crippen MR) is 117 cm³/mol. The van der Waals surface area contributed by atoms with E-state index in [1.807, 2.05) is 37.3 Å². The Morgan fingerprint density at radius 1 is 1.07 bits per heavy atom. The van der Waals surface area contributed by atoms with E-state index in [1.165, 1.54) is 5.56 Å². The van der Waals surface area contributed by atoms with Gasteiger partial charge in [0.25, 0.3) is 5.91 Å². The first-order chi connectivity index (χ1) is 13.4. The van der Waals surface area contributed by atoms with Gasteiger partial charge in [-0.1, -0.05) is 56.3 Å². The van der Waals surface area contributed by atoms with Crippen molar-refractivity contribution in [1.82, 2.24) is 5.43 Å². The van der Waals surface area contributed by atoms with Crippen LogP contribution in [-0.4, -0.2) is 25.3 Å². The van der Waals surface area contributed by atoms with Gasteiger partial charge < -0.3 is 10.1 Å². The number of anilines is 1. The average molecular weight is 380 g/mol. The van der Waals surface area contributed by atoms with Crippen molar-refractivity contribution < 1.29 is 9.53 Å². The predicted octanol–water partition coefficient (Wildman–Crippen LogP) is 4.82. The van der Waals surface area contributed by atoms with E-state index >= 15 is 0 Å². The molecule has 5 heteroatoms. The molecule has 28 heavy (non-hydrogen) atoms. The zero-order valence-electron chi connectivity index (χ0n) is 17.2. The number of para-hydroxylation sites is 2. The van der Waals surface area contributed by atoms with Crippen LogP contribution >= 0.6 is 0 Å². The highest BCUT2D eigenvalue weighted by atomic mass is 16.5. The number of carbonyl (C=O) groups excluding carboxylic acids is 1. The monoisotopic (exact) mass is 379 g/mol. The summed E-state index contributed by atoms with van der Waals surface area (Å²) in [6.45, 7) is 8.07. The molecule has 0 bridgehead atoms. The second kappa shape index (κ2) is 10.3. The number of nitrogens with one attached hydrogen (secondary N) is 2. The van der Waals surface area contributed by atoms with Crippen molar-refractivity contribution in [2.45, 2.75) is 39.7 Å². The first-order valence-electron chi connectivity index (χ1n) is 9.41. The van der Waals surface area contributed by atoms with Gasteiger partial charge in [0.15, 0.2) is 0 Å².